The van der Waals surface area contributed by atoms with Gasteiger partial charge in [-0.25, -0.2) is 0 Å². The first-order valence-electron chi connectivity index (χ1n) is 32.8. The molecule has 0 radical (unpaired) electrons. The maximum absolute atomic E-state index is 12.9. The van der Waals surface area contributed by atoms with Crippen molar-refractivity contribution in [3.8, 4) is 0 Å². The molecule has 1 atom stereocenters. The molecule has 0 heterocycles. The van der Waals surface area contributed by atoms with E-state index in [1.807, 2.05) is 0 Å². The minimum absolute atomic E-state index is 0.0753. The molecular weight excluding hydrogens is 925 g/mol. The number of hydrogen-bond donors (Lipinski definition) is 0. The Morgan fingerprint density at radius 3 is 0.813 bits per heavy atom. The van der Waals surface area contributed by atoms with E-state index >= 15 is 0 Å². The van der Waals surface area contributed by atoms with Crippen molar-refractivity contribution in [2.75, 3.05) is 13.2 Å². The van der Waals surface area contributed by atoms with Crippen LogP contribution in [0.25, 0.3) is 0 Å². The smallest absolute Gasteiger partial charge is 0.306 e. The highest BCUT2D eigenvalue weighted by atomic mass is 16.6. The second-order valence-electron chi connectivity index (χ2n) is 22.0. The highest BCUT2D eigenvalue weighted by Crippen LogP contribution is 2.17. The van der Waals surface area contributed by atoms with Crippen molar-refractivity contribution in [3.05, 3.63) is 60.8 Å². The molecule has 0 rings (SSSR count). The number of esters is 3. The molecule has 436 valence electrons. The molecule has 0 aliphatic rings. The normalized spacial score (nSPS) is 12.4. The zero-order valence-corrected chi connectivity index (χ0v) is 50.1. The highest BCUT2D eigenvalue weighted by Gasteiger charge is 2.19. The van der Waals surface area contributed by atoms with Crippen LogP contribution < -0.4 is 0 Å². The summed E-state index contributed by atoms with van der Waals surface area (Å²) in [7, 11) is 0. The summed E-state index contributed by atoms with van der Waals surface area (Å²) < 4.78 is 17.0. The summed E-state index contributed by atoms with van der Waals surface area (Å²) in [4.78, 5) is 38.4. The Morgan fingerprint density at radius 2 is 0.520 bits per heavy atom. The quantitative estimate of drug-likeness (QED) is 0.0261. The zero-order valence-electron chi connectivity index (χ0n) is 50.1. The van der Waals surface area contributed by atoms with E-state index in [4.69, 9.17) is 14.2 Å². The highest BCUT2D eigenvalue weighted by molar-refractivity contribution is 5.71. The number of ether oxygens (including phenoxy) is 3. The van der Waals surface area contributed by atoms with Crippen LogP contribution in [0.4, 0.5) is 0 Å². The molecule has 0 spiro atoms. The van der Waals surface area contributed by atoms with Gasteiger partial charge in [0.25, 0.3) is 0 Å². The minimum Gasteiger partial charge on any atom is -0.462 e. The van der Waals surface area contributed by atoms with Crippen LogP contribution in [0.3, 0.4) is 0 Å². The summed E-state index contributed by atoms with van der Waals surface area (Å²) >= 11 is 0. The van der Waals surface area contributed by atoms with Gasteiger partial charge in [-0.1, -0.05) is 300 Å². The number of rotatable bonds is 60. The second-order valence-corrected chi connectivity index (χ2v) is 22.0. The lowest BCUT2D eigenvalue weighted by molar-refractivity contribution is -0.167. The standard InChI is InChI=1S/C69H124O6/c1-4-7-10-13-16-19-22-25-28-31-32-33-34-35-36-39-41-44-47-50-53-56-59-62-68(71)74-65-66(75-69(72)63-60-57-54-51-48-45-42-38-30-27-24-21-18-15-12-9-6-3)64-73-67(70)61-58-55-52-49-46-43-40-37-29-26-23-20-17-14-11-8-5-2/h9,12,18,21-22,25,27,30-32,66H,4-8,10-11,13-17,19-20,23-24,26,28-29,33-65H2,1-3H3/b12-9-,21-18-,25-22-,30-27-,32-31-. The fraction of sp³-hybridized carbons (Fsp3) is 0.812. The summed E-state index contributed by atoms with van der Waals surface area (Å²) in [5.74, 6) is -0.867. The fourth-order valence-corrected chi connectivity index (χ4v) is 9.61. The third-order valence-corrected chi connectivity index (χ3v) is 14.5. The molecule has 6 heteroatoms. The number of hydrogen-bond acceptors (Lipinski definition) is 6. The Kier molecular flexibility index (Phi) is 61.2. The molecule has 0 aliphatic carbocycles. The SMILES string of the molecule is CC/C=C\C/C=C\C/C=C\CCCCCCCCCC(=O)OC(COC(=O)CCCCCCCCCCCCC/C=C\C/C=C\CCCCCCC)COC(=O)CCCCCCCCCCCCCCCCCCC. The van der Waals surface area contributed by atoms with E-state index in [9.17, 15) is 14.4 Å². The van der Waals surface area contributed by atoms with Gasteiger partial charge < -0.3 is 14.2 Å². The fourth-order valence-electron chi connectivity index (χ4n) is 9.61. The monoisotopic (exact) mass is 1050 g/mol. The number of carbonyl (C=O) groups is 3. The van der Waals surface area contributed by atoms with Crippen LogP contribution in [0, 0.1) is 0 Å². The second kappa shape index (κ2) is 63.6. The van der Waals surface area contributed by atoms with Crippen LogP contribution in [0.5, 0.6) is 0 Å². The predicted octanol–water partition coefficient (Wildman–Crippen LogP) is 22.3. The Hall–Kier alpha value is -2.89. The summed E-state index contributed by atoms with van der Waals surface area (Å²) in [5, 5.41) is 0. The molecule has 0 saturated heterocycles. The van der Waals surface area contributed by atoms with Crippen molar-refractivity contribution < 1.29 is 28.6 Å². The molecule has 0 amide bonds. The topological polar surface area (TPSA) is 78.9 Å². The Bertz CT molecular complexity index is 1340. The molecule has 75 heavy (non-hydrogen) atoms. The molecule has 0 aromatic carbocycles. The molecule has 6 nitrogen and oxygen atoms in total. The van der Waals surface area contributed by atoms with Crippen LogP contribution in [0.15, 0.2) is 60.8 Å². The van der Waals surface area contributed by atoms with Gasteiger partial charge in [-0.05, 0) is 83.5 Å². The Balaban J connectivity index is 4.33. The third-order valence-electron chi connectivity index (χ3n) is 14.5. The van der Waals surface area contributed by atoms with Gasteiger partial charge in [0, 0.05) is 19.3 Å². The first-order chi connectivity index (χ1) is 37.0. The average Bonchev–Trinajstić information content (AvgIpc) is 3.41. The van der Waals surface area contributed by atoms with Crippen LogP contribution >= 0.6 is 0 Å². The van der Waals surface area contributed by atoms with Gasteiger partial charge in [-0.15, -0.1) is 0 Å². The lowest BCUT2D eigenvalue weighted by Crippen LogP contribution is -2.30. The number of unbranched alkanes of at least 4 members (excludes halogenated alkanes) is 39. The number of carbonyl (C=O) groups excluding carboxylic acids is 3. The van der Waals surface area contributed by atoms with Gasteiger partial charge in [-0.2, -0.15) is 0 Å². The van der Waals surface area contributed by atoms with Crippen LogP contribution in [0.1, 0.15) is 342 Å². The predicted molar refractivity (Wildman–Crippen MR) is 325 cm³/mol. The molecule has 1 unspecified atom stereocenters. The molecule has 0 aromatic rings. The molecule has 0 saturated carbocycles. The van der Waals surface area contributed by atoms with E-state index in [1.54, 1.807) is 0 Å². The van der Waals surface area contributed by atoms with Gasteiger partial charge in [-0.3, -0.25) is 14.4 Å². The van der Waals surface area contributed by atoms with Gasteiger partial charge in [0.15, 0.2) is 6.10 Å². The largest absolute Gasteiger partial charge is 0.462 e. The lowest BCUT2D eigenvalue weighted by atomic mass is 10.0. The van der Waals surface area contributed by atoms with E-state index in [2.05, 4.69) is 81.5 Å². The Morgan fingerprint density at radius 1 is 0.280 bits per heavy atom. The van der Waals surface area contributed by atoms with Crippen molar-refractivity contribution in [1.82, 2.24) is 0 Å². The summed E-state index contributed by atoms with van der Waals surface area (Å²) in [6, 6.07) is 0. The van der Waals surface area contributed by atoms with Crippen molar-refractivity contribution in [1.29, 1.82) is 0 Å². The van der Waals surface area contributed by atoms with E-state index in [-0.39, 0.29) is 31.1 Å². The van der Waals surface area contributed by atoms with Gasteiger partial charge >= 0.3 is 17.9 Å². The maximum Gasteiger partial charge on any atom is 0.306 e. The average molecular weight is 1050 g/mol. The Labute approximate surface area is 466 Å². The van der Waals surface area contributed by atoms with Crippen LogP contribution in [-0.2, 0) is 28.6 Å². The molecule has 0 fully saturated rings. The van der Waals surface area contributed by atoms with Crippen molar-refractivity contribution >= 4 is 17.9 Å². The maximum atomic E-state index is 12.9. The minimum atomic E-state index is -0.780. The molecule has 0 bridgehead atoms. The molecule has 0 aromatic heterocycles. The summed E-state index contributed by atoms with van der Waals surface area (Å²) in [6.45, 7) is 6.56. The number of allylic oxidation sites excluding steroid dienone is 10. The van der Waals surface area contributed by atoms with E-state index in [0.29, 0.717) is 19.3 Å². The lowest BCUT2D eigenvalue weighted by Gasteiger charge is -2.18. The van der Waals surface area contributed by atoms with Crippen molar-refractivity contribution in [2.45, 2.75) is 348 Å². The van der Waals surface area contributed by atoms with Gasteiger partial charge in [0.05, 0.1) is 0 Å². The van der Waals surface area contributed by atoms with Crippen molar-refractivity contribution in [2.24, 2.45) is 0 Å². The zero-order chi connectivity index (χ0) is 54.3. The van der Waals surface area contributed by atoms with E-state index in [1.165, 1.54) is 212 Å². The van der Waals surface area contributed by atoms with Crippen LogP contribution in [-0.4, -0.2) is 37.2 Å². The van der Waals surface area contributed by atoms with Gasteiger partial charge in [0.2, 0.25) is 0 Å². The first kappa shape index (κ1) is 72.1. The third kappa shape index (κ3) is 61.8. The van der Waals surface area contributed by atoms with E-state index < -0.39 is 6.10 Å². The molecule has 0 aliphatic heterocycles. The molecular formula is C69H124O6. The van der Waals surface area contributed by atoms with E-state index in [0.717, 1.165) is 89.9 Å². The summed E-state index contributed by atoms with van der Waals surface area (Å²) in [6.07, 6.45) is 80.8. The van der Waals surface area contributed by atoms with Crippen molar-refractivity contribution in [3.63, 3.8) is 0 Å². The molecule has 0 N–H and O–H groups in total. The summed E-state index contributed by atoms with van der Waals surface area (Å²) in [5.41, 5.74) is 0. The van der Waals surface area contributed by atoms with Gasteiger partial charge in [0.1, 0.15) is 13.2 Å². The first-order valence-corrected chi connectivity index (χ1v) is 32.8. The van der Waals surface area contributed by atoms with Crippen LogP contribution in [0.2, 0.25) is 0 Å².